The number of nitrogens with zero attached hydrogens (tertiary/aromatic N) is 4. The van der Waals surface area contributed by atoms with Crippen LogP contribution >= 0.6 is 11.6 Å². The number of urea groups is 1. The average Bonchev–Trinajstić information content (AvgIpc) is 2.85. The lowest BCUT2D eigenvalue weighted by Crippen LogP contribution is -2.55. The normalized spacial score (nSPS) is 17.9. The quantitative estimate of drug-likeness (QED) is 0.901. The lowest BCUT2D eigenvalue weighted by atomic mass is 10.2. The zero-order valence-electron chi connectivity index (χ0n) is 13.9. The van der Waals surface area contributed by atoms with Gasteiger partial charge >= 0.3 is 12.0 Å². The van der Waals surface area contributed by atoms with E-state index < -0.39 is 0 Å². The minimum Gasteiger partial charge on any atom is -0.428 e. The van der Waals surface area contributed by atoms with Crippen molar-refractivity contribution in [2.75, 3.05) is 29.9 Å². The Bertz CT molecular complexity index is 728. The lowest BCUT2D eigenvalue weighted by molar-refractivity contribution is 0.184. The number of hydrogen-bond acceptors (Lipinski definition) is 5. The smallest absolute Gasteiger partial charge is 0.325 e. The Morgan fingerprint density at radius 2 is 2.21 bits per heavy atom. The van der Waals surface area contributed by atoms with Crippen LogP contribution in [0.15, 0.2) is 22.7 Å². The van der Waals surface area contributed by atoms with Gasteiger partial charge in [0.2, 0.25) is 0 Å². The van der Waals surface area contributed by atoms with Gasteiger partial charge in [0.25, 0.3) is 0 Å². The molecule has 3 heterocycles. The fourth-order valence-electron chi connectivity index (χ4n) is 2.75. The van der Waals surface area contributed by atoms with Crippen molar-refractivity contribution in [3.05, 3.63) is 34.8 Å². The Morgan fingerprint density at radius 1 is 1.42 bits per heavy atom. The Kier molecular flexibility index (Phi) is 4.62. The summed E-state index contributed by atoms with van der Waals surface area (Å²) in [4.78, 5) is 24.8. The minimum absolute atomic E-state index is 0.00831. The van der Waals surface area contributed by atoms with E-state index in [1.165, 1.54) is 0 Å². The van der Waals surface area contributed by atoms with Gasteiger partial charge in [-0.2, -0.15) is 4.98 Å². The maximum absolute atomic E-state index is 12.5. The van der Waals surface area contributed by atoms with Gasteiger partial charge in [-0.15, -0.1) is 0 Å². The third-order valence-corrected chi connectivity index (χ3v) is 4.46. The third-order valence-electron chi connectivity index (χ3n) is 4.17. The summed E-state index contributed by atoms with van der Waals surface area (Å²) < 4.78 is 5.41. The van der Waals surface area contributed by atoms with Gasteiger partial charge < -0.3 is 14.2 Å². The van der Waals surface area contributed by atoms with Crippen molar-refractivity contribution in [1.29, 1.82) is 0 Å². The average molecular weight is 350 g/mol. The highest BCUT2D eigenvalue weighted by Crippen LogP contribution is 2.25. The number of amides is 2. The molecule has 2 aromatic heterocycles. The zero-order valence-corrected chi connectivity index (χ0v) is 14.7. The van der Waals surface area contributed by atoms with Crippen LogP contribution in [0.25, 0.3) is 0 Å². The van der Waals surface area contributed by atoms with Crippen molar-refractivity contribution in [2.45, 2.75) is 26.8 Å². The predicted octanol–water partition coefficient (Wildman–Crippen LogP) is 3.08. The maximum atomic E-state index is 12.5. The molecule has 8 heteroatoms. The van der Waals surface area contributed by atoms with E-state index in [0.717, 1.165) is 11.5 Å². The lowest BCUT2D eigenvalue weighted by Gasteiger charge is -2.40. The topological polar surface area (TPSA) is 74.5 Å². The van der Waals surface area contributed by atoms with E-state index in [0.29, 0.717) is 30.4 Å². The summed E-state index contributed by atoms with van der Waals surface area (Å²) in [7, 11) is 0. The molecule has 0 aliphatic carbocycles. The zero-order chi connectivity index (χ0) is 17.3. The van der Waals surface area contributed by atoms with E-state index in [1.54, 1.807) is 17.2 Å². The Morgan fingerprint density at radius 3 is 2.83 bits per heavy atom. The monoisotopic (exact) mass is 349 g/mol. The van der Waals surface area contributed by atoms with E-state index in [9.17, 15) is 4.79 Å². The molecule has 1 saturated heterocycles. The van der Waals surface area contributed by atoms with Crippen LogP contribution in [-0.2, 0) is 0 Å². The summed E-state index contributed by atoms with van der Waals surface area (Å²) in [6.07, 6.45) is 1.72. The molecule has 7 nitrogen and oxygen atoms in total. The molecule has 2 amide bonds. The highest BCUT2D eigenvalue weighted by molar-refractivity contribution is 6.32. The predicted molar refractivity (Wildman–Crippen MR) is 92.6 cm³/mol. The van der Waals surface area contributed by atoms with Crippen LogP contribution in [0, 0.1) is 13.8 Å². The number of aromatic nitrogens is 2. The number of rotatable bonds is 2. The number of halogens is 1. The van der Waals surface area contributed by atoms with Gasteiger partial charge in [-0.1, -0.05) is 11.6 Å². The first-order valence-corrected chi connectivity index (χ1v) is 8.20. The van der Waals surface area contributed by atoms with Crippen LogP contribution in [-0.4, -0.2) is 46.6 Å². The molecule has 0 saturated carbocycles. The number of carbonyl (C=O) groups is 1. The van der Waals surface area contributed by atoms with Crippen LogP contribution < -0.4 is 10.2 Å². The van der Waals surface area contributed by atoms with Crippen molar-refractivity contribution < 1.29 is 9.21 Å². The standard InChI is InChI=1S/C16H20ClN5O2/c1-10-9-21(14-13(17)5-4-6-18-14)7-8-22(10)16(23)20-15-19-11(2)12(3)24-15/h4-6,10H,7-9H2,1-3H3,(H,19,20,23). The number of oxazole rings is 1. The Balaban J connectivity index is 1.65. The van der Waals surface area contributed by atoms with Crippen LogP contribution in [0.4, 0.5) is 16.6 Å². The molecule has 1 aliphatic heterocycles. The van der Waals surface area contributed by atoms with E-state index >= 15 is 0 Å². The van der Waals surface area contributed by atoms with E-state index in [2.05, 4.69) is 20.2 Å². The Labute approximate surface area is 145 Å². The second-order valence-electron chi connectivity index (χ2n) is 5.89. The number of nitrogens with one attached hydrogen (secondary N) is 1. The molecule has 24 heavy (non-hydrogen) atoms. The van der Waals surface area contributed by atoms with Gasteiger partial charge in [-0.05, 0) is 32.9 Å². The number of hydrogen-bond donors (Lipinski definition) is 1. The highest BCUT2D eigenvalue weighted by atomic mass is 35.5. The van der Waals surface area contributed by atoms with Crippen molar-refractivity contribution in [2.24, 2.45) is 0 Å². The van der Waals surface area contributed by atoms with Crippen LogP contribution in [0.1, 0.15) is 18.4 Å². The molecule has 3 rings (SSSR count). The number of piperazine rings is 1. The summed E-state index contributed by atoms with van der Waals surface area (Å²) in [5.74, 6) is 1.46. The summed E-state index contributed by atoms with van der Waals surface area (Å²) >= 11 is 6.21. The molecule has 128 valence electrons. The van der Waals surface area contributed by atoms with Crippen molar-refractivity contribution in [3.8, 4) is 0 Å². The molecule has 1 unspecified atom stereocenters. The molecule has 0 spiro atoms. The second-order valence-corrected chi connectivity index (χ2v) is 6.30. The molecule has 1 aliphatic rings. The fourth-order valence-corrected chi connectivity index (χ4v) is 2.99. The van der Waals surface area contributed by atoms with Gasteiger partial charge in [-0.25, -0.2) is 9.78 Å². The highest BCUT2D eigenvalue weighted by Gasteiger charge is 2.29. The SMILES string of the molecule is Cc1nc(NC(=O)N2CCN(c3ncccc3Cl)CC2C)oc1C. The van der Waals surface area contributed by atoms with Gasteiger partial charge in [0, 0.05) is 31.9 Å². The summed E-state index contributed by atoms with van der Waals surface area (Å²) in [6, 6.07) is 3.65. The Hall–Kier alpha value is -2.28. The molecule has 1 atom stereocenters. The number of pyridine rings is 1. The van der Waals surface area contributed by atoms with Crippen molar-refractivity contribution in [1.82, 2.24) is 14.9 Å². The van der Waals surface area contributed by atoms with Gasteiger partial charge in [0.1, 0.15) is 11.6 Å². The van der Waals surface area contributed by atoms with Crippen LogP contribution in [0.5, 0.6) is 0 Å². The second kappa shape index (κ2) is 6.68. The molecule has 0 radical (unpaired) electrons. The first-order valence-electron chi connectivity index (χ1n) is 7.83. The third kappa shape index (κ3) is 3.31. The molecule has 0 aromatic carbocycles. The molecule has 0 bridgehead atoms. The first kappa shape index (κ1) is 16.6. The first-order chi connectivity index (χ1) is 11.5. The van der Waals surface area contributed by atoms with Gasteiger partial charge in [0.15, 0.2) is 0 Å². The summed E-state index contributed by atoms with van der Waals surface area (Å²) in [5, 5.41) is 3.34. The molecule has 1 N–H and O–H groups in total. The minimum atomic E-state index is -0.212. The van der Waals surface area contributed by atoms with Crippen LogP contribution in [0.3, 0.4) is 0 Å². The number of carbonyl (C=O) groups excluding carboxylic acids is 1. The number of anilines is 2. The van der Waals surface area contributed by atoms with Crippen LogP contribution in [0.2, 0.25) is 5.02 Å². The van der Waals surface area contributed by atoms with E-state index in [1.807, 2.05) is 26.8 Å². The summed E-state index contributed by atoms with van der Waals surface area (Å²) in [5.41, 5.74) is 0.771. The fraction of sp³-hybridized carbons (Fsp3) is 0.438. The summed E-state index contributed by atoms with van der Waals surface area (Å²) in [6.45, 7) is 7.54. The van der Waals surface area contributed by atoms with Gasteiger partial charge in [-0.3, -0.25) is 5.32 Å². The molecule has 2 aromatic rings. The van der Waals surface area contributed by atoms with Crippen molar-refractivity contribution in [3.63, 3.8) is 0 Å². The molecular formula is C16H20ClN5O2. The molecule has 1 fully saturated rings. The maximum Gasteiger partial charge on any atom is 0.325 e. The molecular weight excluding hydrogens is 330 g/mol. The number of aryl methyl sites for hydroxylation is 2. The van der Waals surface area contributed by atoms with E-state index in [4.69, 9.17) is 16.0 Å². The van der Waals surface area contributed by atoms with Crippen molar-refractivity contribution >= 4 is 29.5 Å². The van der Waals surface area contributed by atoms with Gasteiger partial charge in [0.05, 0.1) is 10.7 Å². The van der Waals surface area contributed by atoms with E-state index in [-0.39, 0.29) is 18.1 Å². The largest absolute Gasteiger partial charge is 0.428 e.